The van der Waals surface area contributed by atoms with Gasteiger partial charge >= 0.3 is 56.0 Å². The number of alkyl halides is 1. The van der Waals surface area contributed by atoms with Crippen molar-refractivity contribution >= 4 is 0 Å². The Balaban J connectivity index is 2.45. The van der Waals surface area contributed by atoms with Crippen LogP contribution in [0.1, 0.15) is 26.2 Å². The molecule has 2 N–H and O–H groups in total. The molecule has 46 valence electrons. The van der Waals surface area contributed by atoms with E-state index in [1.54, 1.807) is 0 Å². The van der Waals surface area contributed by atoms with Crippen LogP contribution in [0.3, 0.4) is 0 Å². The molecule has 0 saturated carbocycles. The molecule has 0 aromatic heterocycles. The molecule has 0 saturated heterocycles. The number of nitrogens with two attached hydrogens (primary N) is 1. The normalized spacial score (nSPS) is 10.0. The predicted octanol–water partition coefficient (Wildman–Crippen LogP) is -1.86. The molecule has 0 atom stereocenters. The van der Waals surface area contributed by atoms with Crippen LogP contribution in [0.5, 0.6) is 0 Å². The minimum atomic E-state index is 0.0949. The minimum absolute atomic E-state index is 0.0949. The van der Waals surface area contributed by atoms with Crippen LogP contribution in [0.2, 0.25) is 0 Å². The van der Waals surface area contributed by atoms with E-state index in [-0.39, 0.29) is 21.5 Å². The van der Waals surface area contributed by atoms with E-state index < -0.39 is 0 Å². The first-order chi connectivity index (χ1) is 3.41. The summed E-state index contributed by atoms with van der Waals surface area (Å²) >= 11 is 0.0949. The molecule has 0 unspecified atom stereocenters. The van der Waals surface area contributed by atoms with Crippen molar-refractivity contribution < 1.29 is 21.5 Å². The van der Waals surface area contributed by atoms with Crippen molar-refractivity contribution in [1.82, 2.24) is 0 Å². The van der Waals surface area contributed by atoms with Gasteiger partial charge in [-0.25, -0.2) is 0 Å². The van der Waals surface area contributed by atoms with E-state index >= 15 is 0 Å². The summed E-state index contributed by atoms with van der Waals surface area (Å²) in [5, 5.41) is 0. The number of halogens is 1. The fraction of sp³-hybridized carbons (Fsp3) is 1.00. The van der Waals surface area contributed by atoms with Gasteiger partial charge in [-0.15, -0.1) is 0 Å². The summed E-state index contributed by atoms with van der Waals surface area (Å²) in [6, 6.07) is 0. The molecule has 0 heterocycles. The van der Waals surface area contributed by atoms with Gasteiger partial charge < -0.3 is 0 Å². The Morgan fingerprint density at radius 3 is 2.57 bits per heavy atom. The molecule has 7 heavy (non-hydrogen) atoms. The van der Waals surface area contributed by atoms with Crippen LogP contribution in [0.4, 0.5) is 0 Å². The third kappa shape index (κ3) is 6.69. The van der Waals surface area contributed by atoms with Gasteiger partial charge in [0.25, 0.3) is 0 Å². The average molecular weight is 214 g/mol. The average Bonchev–Trinajstić information content (AvgIpc) is 1.69. The van der Waals surface area contributed by atoms with Crippen LogP contribution in [0.15, 0.2) is 0 Å². The zero-order chi connectivity index (χ0) is 5.54. The summed E-state index contributed by atoms with van der Waals surface area (Å²) in [4.78, 5) is 0. The van der Waals surface area contributed by atoms with Gasteiger partial charge in [0.1, 0.15) is 0 Å². The summed E-state index contributed by atoms with van der Waals surface area (Å²) in [5.74, 6) is 0. The molecule has 0 aliphatic rings. The van der Waals surface area contributed by atoms with Crippen LogP contribution < -0.4 is 25.4 Å². The topological polar surface area (TPSA) is 26.0 Å². The van der Waals surface area contributed by atoms with Gasteiger partial charge in [0, 0.05) is 0 Å². The predicted molar refractivity (Wildman–Crippen MR) is 28.6 cm³/mol. The number of hydrogen-bond donors (Lipinski definition) is 1. The Hall–Kier alpha value is 0.690. The molecule has 0 amide bonds. The molecule has 0 radical (unpaired) electrons. The second kappa shape index (κ2) is 6.69. The van der Waals surface area contributed by atoms with Crippen LogP contribution in [-0.4, -0.2) is 4.43 Å². The first-order valence-electron chi connectivity index (χ1n) is 2.69. The molecule has 0 aromatic carbocycles. The fourth-order valence-electron chi connectivity index (χ4n) is 0.422. The maximum atomic E-state index is 5.38. The van der Waals surface area contributed by atoms with Crippen LogP contribution >= 0.6 is 0 Å². The second-order valence-electron chi connectivity index (χ2n) is 1.55. The monoisotopic (exact) mass is 214 g/mol. The van der Waals surface area contributed by atoms with E-state index in [9.17, 15) is 0 Å². The van der Waals surface area contributed by atoms with Gasteiger partial charge in [-0.1, -0.05) is 0 Å². The molecule has 0 aliphatic heterocycles. The van der Waals surface area contributed by atoms with Crippen LogP contribution in [0, 0.1) is 0 Å². The molecule has 0 rings (SSSR count). The molecule has 0 bridgehead atoms. The summed E-state index contributed by atoms with van der Waals surface area (Å²) in [5.41, 5.74) is 0. The molecule has 2 heteroatoms. The zero-order valence-electron chi connectivity index (χ0n) is 4.78. The van der Waals surface area contributed by atoms with Crippen molar-refractivity contribution in [2.24, 2.45) is 3.95 Å². The zero-order valence-corrected chi connectivity index (χ0v) is 6.94. The molecule has 0 spiro atoms. The molecule has 0 aliphatic carbocycles. The summed E-state index contributed by atoms with van der Waals surface area (Å²) in [6.07, 6.45) is 4.06. The Kier molecular flexibility index (Phi) is 7.35. The number of rotatable bonds is 4. The fourth-order valence-corrected chi connectivity index (χ4v) is 1.40. The maximum absolute atomic E-state index is 5.38. The van der Waals surface area contributed by atoms with Gasteiger partial charge in [-0.05, 0) is 0 Å². The van der Waals surface area contributed by atoms with Crippen molar-refractivity contribution in [2.45, 2.75) is 26.2 Å². The molecule has 0 aromatic rings. The van der Waals surface area contributed by atoms with E-state index in [2.05, 4.69) is 6.92 Å². The number of unbranched alkanes of at least 4 members (excludes halogenated alkanes) is 2. The van der Waals surface area contributed by atoms with Gasteiger partial charge in [0.15, 0.2) is 0 Å². The van der Waals surface area contributed by atoms with Crippen LogP contribution in [0.25, 0.3) is 0 Å². The van der Waals surface area contributed by atoms with Crippen molar-refractivity contribution in [3.63, 3.8) is 0 Å². The third-order valence-electron chi connectivity index (χ3n) is 0.846. The Morgan fingerprint density at radius 2 is 2.14 bits per heavy atom. The summed E-state index contributed by atoms with van der Waals surface area (Å²) < 4.78 is 6.69. The Bertz CT molecular complexity index is 27.3. The van der Waals surface area contributed by atoms with Crippen molar-refractivity contribution in [3.8, 4) is 0 Å². The standard InChI is InChI=1S/C5H13IN/c1-2-3-4-5-6-7/h2-5,7H2,1H3/q-1. The van der Waals surface area contributed by atoms with Gasteiger partial charge in [-0.2, -0.15) is 0 Å². The summed E-state index contributed by atoms with van der Waals surface area (Å²) in [6.45, 7) is 2.22. The van der Waals surface area contributed by atoms with E-state index in [0.29, 0.717) is 0 Å². The van der Waals surface area contributed by atoms with Gasteiger partial charge in [0.2, 0.25) is 0 Å². The molecular formula is C5H13IN-. The van der Waals surface area contributed by atoms with E-state index in [0.717, 1.165) is 0 Å². The molecule has 1 nitrogen and oxygen atoms in total. The quantitative estimate of drug-likeness (QED) is 0.252. The van der Waals surface area contributed by atoms with Crippen molar-refractivity contribution in [3.05, 3.63) is 0 Å². The second-order valence-corrected chi connectivity index (χ2v) is 3.51. The third-order valence-corrected chi connectivity index (χ3v) is 2.23. The molecular weight excluding hydrogens is 201 g/mol. The first kappa shape index (κ1) is 7.69. The van der Waals surface area contributed by atoms with E-state index in [1.165, 1.54) is 23.7 Å². The Morgan fingerprint density at radius 1 is 1.43 bits per heavy atom. The Labute approximate surface area is 56.3 Å². The van der Waals surface area contributed by atoms with E-state index in [1.807, 2.05) is 0 Å². The first-order valence-corrected chi connectivity index (χ1v) is 5.46. The number of hydrogen-bond acceptors (Lipinski definition) is 1. The molecule has 0 fully saturated rings. The van der Waals surface area contributed by atoms with Crippen molar-refractivity contribution in [2.75, 3.05) is 4.43 Å². The van der Waals surface area contributed by atoms with Gasteiger partial charge in [0.05, 0.1) is 0 Å². The van der Waals surface area contributed by atoms with Crippen LogP contribution in [-0.2, 0) is 0 Å². The van der Waals surface area contributed by atoms with Gasteiger partial charge in [-0.3, -0.25) is 0 Å². The summed E-state index contributed by atoms with van der Waals surface area (Å²) in [7, 11) is 0. The SMILES string of the molecule is CCCCC[I-]N. The van der Waals surface area contributed by atoms with E-state index in [4.69, 9.17) is 3.95 Å². The van der Waals surface area contributed by atoms with Crippen molar-refractivity contribution in [1.29, 1.82) is 0 Å².